The quantitative estimate of drug-likeness (QED) is 0.799. The number of aromatic carboxylic acids is 1. The van der Waals surface area contributed by atoms with Crippen molar-refractivity contribution in [1.29, 1.82) is 0 Å². The number of aromatic nitrogens is 2. The number of benzene rings is 1. The summed E-state index contributed by atoms with van der Waals surface area (Å²) in [5, 5.41) is 8.97. The van der Waals surface area contributed by atoms with Gasteiger partial charge in [0.25, 0.3) is 0 Å². The smallest absolute Gasteiger partial charge is 0.335 e. The van der Waals surface area contributed by atoms with Gasteiger partial charge in [-0.3, -0.25) is 0 Å². The normalized spacial score (nSPS) is 10.7. The van der Waals surface area contributed by atoms with Crippen LogP contribution in [0.15, 0.2) is 48.8 Å². The van der Waals surface area contributed by atoms with Crippen molar-refractivity contribution in [2.75, 3.05) is 0 Å². The average molecular weight is 282 g/mol. The van der Waals surface area contributed by atoms with Crippen LogP contribution in [0.3, 0.4) is 0 Å². The van der Waals surface area contributed by atoms with E-state index in [9.17, 15) is 4.79 Å². The molecule has 106 valence electrons. The van der Waals surface area contributed by atoms with Gasteiger partial charge in [-0.05, 0) is 36.8 Å². The number of ether oxygens (including phenoxy) is 1. The minimum absolute atomic E-state index is 0.222. The van der Waals surface area contributed by atoms with Crippen molar-refractivity contribution >= 4 is 11.6 Å². The molecule has 0 amide bonds. The zero-order valence-corrected chi connectivity index (χ0v) is 11.5. The molecule has 0 bridgehead atoms. The Labute approximate surface area is 121 Å². The predicted molar refractivity (Wildman–Crippen MR) is 77.7 cm³/mol. The molecule has 0 aliphatic heterocycles. The Morgan fingerprint density at radius 1 is 1.33 bits per heavy atom. The standard InChI is InChI=1S/C16H14N2O3/c1-11-3-2-4-14(7-11)21-10-13-9-17-15-8-12(16(19)20)5-6-18(13)15/h2-9H,10H2,1H3,(H,19,20). The van der Waals surface area contributed by atoms with Gasteiger partial charge in [0.1, 0.15) is 18.0 Å². The molecule has 0 aliphatic rings. The van der Waals surface area contributed by atoms with E-state index in [2.05, 4.69) is 4.98 Å². The number of aryl methyl sites for hydroxylation is 1. The first-order valence-corrected chi connectivity index (χ1v) is 6.52. The molecule has 1 N–H and O–H groups in total. The lowest BCUT2D eigenvalue weighted by molar-refractivity contribution is 0.0697. The van der Waals surface area contributed by atoms with Crippen LogP contribution >= 0.6 is 0 Å². The first-order valence-electron chi connectivity index (χ1n) is 6.52. The SMILES string of the molecule is Cc1cccc(OCc2cnc3cc(C(=O)O)ccn23)c1. The van der Waals surface area contributed by atoms with Crippen molar-refractivity contribution in [3.8, 4) is 5.75 Å². The van der Waals surface area contributed by atoms with Gasteiger partial charge in [-0.15, -0.1) is 0 Å². The van der Waals surface area contributed by atoms with Crippen LogP contribution < -0.4 is 4.74 Å². The van der Waals surface area contributed by atoms with Crippen molar-refractivity contribution in [1.82, 2.24) is 9.38 Å². The summed E-state index contributed by atoms with van der Waals surface area (Å²) < 4.78 is 7.56. The summed E-state index contributed by atoms with van der Waals surface area (Å²) in [5.41, 5.74) is 2.82. The van der Waals surface area contributed by atoms with Gasteiger partial charge >= 0.3 is 5.97 Å². The van der Waals surface area contributed by atoms with Crippen molar-refractivity contribution in [3.63, 3.8) is 0 Å². The van der Waals surface area contributed by atoms with E-state index >= 15 is 0 Å². The molecule has 0 unspecified atom stereocenters. The summed E-state index contributed by atoms with van der Waals surface area (Å²) in [6, 6.07) is 10.9. The van der Waals surface area contributed by atoms with E-state index in [1.54, 1.807) is 24.5 Å². The Morgan fingerprint density at radius 2 is 2.19 bits per heavy atom. The molecule has 3 rings (SSSR count). The van der Waals surface area contributed by atoms with E-state index in [1.807, 2.05) is 35.6 Å². The first kappa shape index (κ1) is 13.2. The van der Waals surface area contributed by atoms with Crippen LogP contribution in [0.2, 0.25) is 0 Å². The number of hydrogen-bond acceptors (Lipinski definition) is 3. The number of hydrogen-bond donors (Lipinski definition) is 1. The second-order valence-corrected chi connectivity index (χ2v) is 4.80. The maximum atomic E-state index is 10.9. The number of carboxylic acids is 1. The Balaban J connectivity index is 1.83. The summed E-state index contributed by atoms with van der Waals surface area (Å²) in [5.74, 6) is -0.162. The number of carboxylic acid groups (broad SMARTS) is 1. The molecular formula is C16H14N2O3. The molecule has 5 heteroatoms. The highest BCUT2D eigenvalue weighted by atomic mass is 16.5. The third kappa shape index (κ3) is 2.72. The van der Waals surface area contributed by atoms with E-state index in [4.69, 9.17) is 9.84 Å². The minimum Gasteiger partial charge on any atom is -0.487 e. The second kappa shape index (κ2) is 5.28. The fourth-order valence-electron chi connectivity index (χ4n) is 2.14. The average Bonchev–Trinajstić information content (AvgIpc) is 2.87. The zero-order chi connectivity index (χ0) is 14.8. The molecule has 1 aromatic carbocycles. The number of nitrogens with zero attached hydrogens (tertiary/aromatic N) is 2. The molecular weight excluding hydrogens is 268 g/mol. The van der Waals surface area contributed by atoms with Crippen LogP contribution in [0.4, 0.5) is 0 Å². The topological polar surface area (TPSA) is 63.8 Å². The van der Waals surface area contributed by atoms with Gasteiger partial charge in [0.2, 0.25) is 0 Å². The maximum absolute atomic E-state index is 10.9. The lowest BCUT2D eigenvalue weighted by atomic mass is 10.2. The van der Waals surface area contributed by atoms with Gasteiger partial charge < -0.3 is 14.2 Å². The number of fused-ring (bicyclic) bond motifs is 1. The van der Waals surface area contributed by atoms with Crippen LogP contribution in [0.1, 0.15) is 21.6 Å². The van der Waals surface area contributed by atoms with Crippen LogP contribution in [-0.4, -0.2) is 20.5 Å². The lowest BCUT2D eigenvalue weighted by Crippen LogP contribution is -2.01. The molecule has 0 saturated carbocycles. The number of imidazole rings is 1. The lowest BCUT2D eigenvalue weighted by Gasteiger charge is -2.07. The maximum Gasteiger partial charge on any atom is 0.335 e. The molecule has 0 radical (unpaired) electrons. The van der Waals surface area contributed by atoms with Gasteiger partial charge in [-0.25, -0.2) is 9.78 Å². The van der Waals surface area contributed by atoms with E-state index in [1.165, 1.54) is 0 Å². The van der Waals surface area contributed by atoms with Crippen LogP contribution in [-0.2, 0) is 6.61 Å². The van der Waals surface area contributed by atoms with Crippen LogP contribution in [0.25, 0.3) is 5.65 Å². The van der Waals surface area contributed by atoms with Gasteiger partial charge in [-0.1, -0.05) is 12.1 Å². The molecule has 2 aromatic heterocycles. The molecule has 0 saturated heterocycles. The minimum atomic E-state index is -0.960. The van der Waals surface area contributed by atoms with E-state index in [-0.39, 0.29) is 5.56 Å². The van der Waals surface area contributed by atoms with Gasteiger partial charge in [-0.2, -0.15) is 0 Å². The highest BCUT2D eigenvalue weighted by molar-refractivity contribution is 5.88. The Morgan fingerprint density at radius 3 is 2.95 bits per heavy atom. The third-order valence-corrected chi connectivity index (χ3v) is 3.21. The number of carbonyl (C=O) groups is 1. The molecule has 0 spiro atoms. The molecule has 0 aliphatic carbocycles. The molecule has 2 heterocycles. The first-order chi connectivity index (χ1) is 10.1. The highest BCUT2D eigenvalue weighted by Crippen LogP contribution is 2.16. The van der Waals surface area contributed by atoms with Crippen molar-refractivity contribution in [3.05, 3.63) is 65.6 Å². The molecule has 21 heavy (non-hydrogen) atoms. The van der Waals surface area contributed by atoms with E-state index in [0.717, 1.165) is 17.0 Å². The fourth-order valence-corrected chi connectivity index (χ4v) is 2.14. The van der Waals surface area contributed by atoms with Crippen molar-refractivity contribution in [2.24, 2.45) is 0 Å². The van der Waals surface area contributed by atoms with Gasteiger partial charge in [0.05, 0.1) is 17.5 Å². The van der Waals surface area contributed by atoms with Gasteiger partial charge in [0, 0.05) is 6.20 Å². The molecule has 0 atom stereocenters. The Kier molecular flexibility index (Phi) is 3.31. The largest absolute Gasteiger partial charge is 0.487 e. The summed E-state index contributed by atoms with van der Waals surface area (Å²) >= 11 is 0. The third-order valence-electron chi connectivity index (χ3n) is 3.21. The zero-order valence-electron chi connectivity index (χ0n) is 11.5. The van der Waals surface area contributed by atoms with Crippen molar-refractivity contribution < 1.29 is 14.6 Å². The summed E-state index contributed by atoms with van der Waals surface area (Å²) in [4.78, 5) is 15.1. The summed E-state index contributed by atoms with van der Waals surface area (Å²) in [7, 11) is 0. The van der Waals surface area contributed by atoms with Gasteiger partial charge in [0.15, 0.2) is 0 Å². The van der Waals surface area contributed by atoms with E-state index in [0.29, 0.717) is 12.3 Å². The number of rotatable bonds is 4. The van der Waals surface area contributed by atoms with E-state index < -0.39 is 5.97 Å². The van der Waals surface area contributed by atoms with Crippen LogP contribution in [0, 0.1) is 6.92 Å². The monoisotopic (exact) mass is 282 g/mol. The van der Waals surface area contributed by atoms with Crippen LogP contribution in [0.5, 0.6) is 5.75 Å². The summed E-state index contributed by atoms with van der Waals surface area (Å²) in [6.07, 6.45) is 3.39. The molecule has 3 aromatic rings. The Hall–Kier alpha value is -2.82. The predicted octanol–water partition coefficient (Wildman–Crippen LogP) is 2.92. The Bertz CT molecular complexity index is 808. The summed E-state index contributed by atoms with van der Waals surface area (Å²) in [6.45, 7) is 2.38. The number of pyridine rings is 1. The highest BCUT2D eigenvalue weighted by Gasteiger charge is 2.08. The fraction of sp³-hybridized carbons (Fsp3) is 0.125. The second-order valence-electron chi connectivity index (χ2n) is 4.80. The molecule has 5 nitrogen and oxygen atoms in total. The molecule has 0 fully saturated rings. The van der Waals surface area contributed by atoms with Crippen molar-refractivity contribution in [2.45, 2.75) is 13.5 Å².